The molecule has 1 unspecified atom stereocenters. The van der Waals surface area contributed by atoms with Crippen LogP contribution in [-0.4, -0.2) is 12.9 Å². The summed E-state index contributed by atoms with van der Waals surface area (Å²) in [6, 6.07) is 7.87. The van der Waals surface area contributed by atoms with E-state index in [1.165, 1.54) is 0 Å². The molecule has 98 valence electrons. The summed E-state index contributed by atoms with van der Waals surface area (Å²) in [5.74, 6) is 2.77. The topological polar surface area (TPSA) is 35.5 Å². The number of ketones is 1. The summed E-state index contributed by atoms with van der Waals surface area (Å²) in [5, 5.41) is 0. The lowest BCUT2D eigenvalue weighted by molar-refractivity contribution is -0.115. The smallest absolute Gasteiger partial charge is 0.163 e. The van der Waals surface area contributed by atoms with Crippen molar-refractivity contribution >= 4 is 5.78 Å². The summed E-state index contributed by atoms with van der Waals surface area (Å²) in [4.78, 5) is 12.0. The molecule has 0 aromatic heterocycles. The minimum Gasteiger partial charge on any atom is -0.497 e. The van der Waals surface area contributed by atoms with Crippen LogP contribution in [0.25, 0.3) is 0 Å². The Morgan fingerprint density at radius 1 is 1.21 bits per heavy atom. The fourth-order valence-electron chi connectivity index (χ4n) is 2.73. The van der Waals surface area contributed by atoms with E-state index in [0.29, 0.717) is 6.42 Å². The van der Waals surface area contributed by atoms with Gasteiger partial charge >= 0.3 is 0 Å². The molecular weight excluding hydrogens is 240 g/mol. The first-order valence-corrected chi connectivity index (χ1v) is 6.45. The van der Waals surface area contributed by atoms with Crippen LogP contribution in [0.1, 0.15) is 31.2 Å². The fourth-order valence-corrected chi connectivity index (χ4v) is 2.73. The van der Waals surface area contributed by atoms with E-state index < -0.39 is 0 Å². The van der Waals surface area contributed by atoms with E-state index in [0.717, 1.165) is 34.8 Å². The predicted molar refractivity (Wildman–Crippen MR) is 71.8 cm³/mol. The summed E-state index contributed by atoms with van der Waals surface area (Å²) >= 11 is 0. The van der Waals surface area contributed by atoms with Gasteiger partial charge in [-0.25, -0.2) is 0 Å². The molecule has 1 aliphatic carbocycles. The van der Waals surface area contributed by atoms with Gasteiger partial charge in [0.2, 0.25) is 0 Å². The number of ether oxygens (including phenoxy) is 2. The number of benzene rings is 1. The lowest BCUT2D eigenvalue weighted by Crippen LogP contribution is -2.12. The van der Waals surface area contributed by atoms with E-state index in [9.17, 15) is 4.79 Å². The van der Waals surface area contributed by atoms with Crippen molar-refractivity contribution in [2.75, 3.05) is 7.11 Å². The van der Waals surface area contributed by atoms with Gasteiger partial charge < -0.3 is 9.47 Å². The van der Waals surface area contributed by atoms with Gasteiger partial charge in [0.25, 0.3) is 0 Å². The zero-order valence-corrected chi connectivity index (χ0v) is 11.1. The van der Waals surface area contributed by atoms with Crippen LogP contribution >= 0.6 is 0 Å². The number of hydrogen-bond donors (Lipinski definition) is 0. The van der Waals surface area contributed by atoms with Crippen LogP contribution in [0.4, 0.5) is 0 Å². The Hall–Kier alpha value is -2.03. The van der Waals surface area contributed by atoms with Crippen LogP contribution in [0.15, 0.2) is 47.4 Å². The highest BCUT2D eigenvalue weighted by Crippen LogP contribution is 2.41. The highest BCUT2D eigenvalue weighted by molar-refractivity contribution is 6.00. The third kappa shape index (κ3) is 2.05. The molecule has 0 spiro atoms. The minimum atomic E-state index is 0.0182. The van der Waals surface area contributed by atoms with E-state index in [1.54, 1.807) is 7.11 Å². The molecule has 0 saturated carbocycles. The molecule has 0 bridgehead atoms. The van der Waals surface area contributed by atoms with E-state index >= 15 is 0 Å². The third-order valence-corrected chi connectivity index (χ3v) is 3.65. The first-order valence-electron chi connectivity index (χ1n) is 6.45. The summed E-state index contributed by atoms with van der Waals surface area (Å²) in [6.45, 7) is 1.93. The van der Waals surface area contributed by atoms with E-state index in [4.69, 9.17) is 9.47 Å². The quantitative estimate of drug-likeness (QED) is 0.814. The largest absolute Gasteiger partial charge is 0.497 e. The number of allylic oxidation sites excluding steroid dienone is 4. The van der Waals surface area contributed by atoms with Gasteiger partial charge in [-0.15, -0.1) is 0 Å². The molecule has 0 radical (unpaired) electrons. The number of Topliss-reactive ketones (excluding diaryl/α,β-unsaturated/α-hetero) is 1. The van der Waals surface area contributed by atoms with Gasteiger partial charge in [0.15, 0.2) is 5.78 Å². The van der Waals surface area contributed by atoms with E-state index in [-0.39, 0.29) is 11.7 Å². The Morgan fingerprint density at radius 2 is 1.95 bits per heavy atom. The first kappa shape index (κ1) is 12.0. The van der Waals surface area contributed by atoms with Crippen molar-refractivity contribution in [1.82, 2.24) is 0 Å². The number of hydrogen-bond acceptors (Lipinski definition) is 3. The third-order valence-electron chi connectivity index (χ3n) is 3.65. The Kier molecular flexibility index (Phi) is 2.90. The Bertz CT molecular complexity index is 579. The SMILES string of the molecule is COc1ccc(C2C=C(C)OC3=C2C(=O)CC3)cc1. The predicted octanol–water partition coefficient (Wildman–Crippen LogP) is 3.33. The average molecular weight is 256 g/mol. The molecule has 1 aliphatic heterocycles. The number of methoxy groups -OCH3 is 1. The van der Waals surface area contributed by atoms with Crippen molar-refractivity contribution in [3.63, 3.8) is 0 Å². The molecule has 0 saturated heterocycles. The van der Waals surface area contributed by atoms with E-state index in [1.807, 2.05) is 37.3 Å². The molecule has 2 aliphatic rings. The Balaban J connectivity index is 2.01. The van der Waals surface area contributed by atoms with Crippen LogP contribution in [0.3, 0.4) is 0 Å². The van der Waals surface area contributed by atoms with Crippen molar-refractivity contribution in [2.24, 2.45) is 0 Å². The number of carbonyl (C=O) groups excluding carboxylic acids is 1. The molecule has 1 aromatic carbocycles. The first-order chi connectivity index (χ1) is 9.19. The normalized spacial score (nSPS) is 21.9. The van der Waals surface area contributed by atoms with Gasteiger partial charge in [0.1, 0.15) is 11.5 Å². The summed E-state index contributed by atoms with van der Waals surface area (Å²) in [6.07, 6.45) is 3.31. The van der Waals surface area contributed by atoms with Gasteiger partial charge in [-0.2, -0.15) is 0 Å². The number of carbonyl (C=O) groups is 1. The van der Waals surface area contributed by atoms with Crippen LogP contribution in [0.5, 0.6) is 5.75 Å². The fraction of sp³-hybridized carbons (Fsp3) is 0.312. The summed E-state index contributed by atoms with van der Waals surface area (Å²) in [7, 11) is 1.65. The lowest BCUT2D eigenvalue weighted by atomic mass is 9.88. The van der Waals surface area contributed by atoms with Crippen molar-refractivity contribution in [3.8, 4) is 5.75 Å². The monoisotopic (exact) mass is 256 g/mol. The second-order valence-electron chi connectivity index (χ2n) is 4.89. The lowest BCUT2D eigenvalue weighted by Gasteiger charge is -2.22. The highest BCUT2D eigenvalue weighted by atomic mass is 16.5. The second kappa shape index (κ2) is 4.57. The molecular formula is C16H16O3. The van der Waals surface area contributed by atoms with Gasteiger partial charge in [-0.05, 0) is 30.7 Å². The van der Waals surface area contributed by atoms with E-state index in [2.05, 4.69) is 0 Å². The standard InChI is InChI=1S/C16H16O3/c1-10-9-13(11-3-5-12(18-2)6-4-11)16-14(17)7-8-15(16)19-10/h3-6,9,13H,7-8H2,1-2H3. The van der Waals surface area contributed by atoms with Gasteiger partial charge in [0.05, 0.1) is 12.9 Å². The molecule has 0 amide bonds. The Morgan fingerprint density at radius 3 is 2.63 bits per heavy atom. The number of rotatable bonds is 2. The highest BCUT2D eigenvalue weighted by Gasteiger charge is 2.34. The van der Waals surface area contributed by atoms with Crippen molar-refractivity contribution in [1.29, 1.82) is 0 Å². The molecule has 1 atom stereocenters. The molecule has 19 heavy (non-hydrogen) atoms. The minimum absolute atomic E-state index is 0.0182. The second-order valence-corrected chi connectivity index (χ2v) is 4.89. The van der Waals surface area contributed by atoms with Gasteiger partial charge in [0, 0.05) is 24.3 Å². The van der Waals surface area contributed by atoms with Crippen molar-refractivity contribution in [2.45, 2.75) is 25.7 Å². The molecule has 1 heterocycles. The maximum atomic E-state index is 12.0. The van der Waals surface area contributed by atoms with Crippen LogP contribution in [-0.2, 0) is 9.53 Å². The maximum Gasteiger partial charge on any atom is 0.163 e. The zero-order chi connectivity index (χ0) is 13.4. The molecule has 3 heteroatoms. The summed E-state index contributed by atoms with van der Waals surface area (Å²) in [5.41, 5.74) is 1.93. The van der Waals surface area contributed by atoms with Crippen molar-refractivity contribution in [3.05, 3.63) is 53.0 Å². The van der Waals surface area contributed by atoms with Crippen LogP contribution in [0.2, 0.25) is 0 Å². The zero-order valence-electron chi connectivity index (χ0n) is 11.1. The maximum absolute atomic E-state index is 12.0. The molecule has 1 aromatic rings. The van der Waals surface area contributed by atoms with Gasteiger partial charge in [-0.1, -0.05) is 12.1 Å². The molecule has 0 fully saturated rings. The van der Waals surface area contributed by atoms with Gasteiger partial charge in [-0.3, -0.25) is 4.79 Å². The van der Waals surface area contributed by atoms with Crippen molar-refractivity contribution < 1.29 is 14.3 Å². The average Bonchev–Trinajstić information content (AvgIpc) is 2.79. The van der Waals surface area contributed by atoms with Crippen LogP contribution in [0, 0.1) is 0 Å². The molecule has 0 N–H and O–H groups in total. The Labute approximate surface area is 112 Å². The molecule has 3 nitrogen and oxygen atoms in total. The summed E-state index contributed by atoms with van der Waals surface area (Å²) < 4.78 is 10.8. The van der Waals surface area contributed by atoms with Crippen LogP contribution < -0.4 is 4.74 Å². The molecule has 3 rings (SSSR count).